The van der Waals surface area contributed by atoms with Gasteiger partial charge in [0.15, 0.2) is 9.84 Å². The fourth-order valence-corrected chi connectivity index (χ4v) is 3.85. The predicted octanol–water partition coefficient (Wildman–Crippen LogP) is 2.28. The molecule has 0 saturated heterocycles. The Labute approximate surface area is 97.8 Å². The summed E-state index contributed by atoms with van der Waals surface area (Å²) in [6, 6.07) is 0. The highest BCUT2D eigenvalue weighted by Crippen LogP contribution is 2.30. The van der Waals surface area contributed by atoms with E-state index in [0.29, 0.717) is 5.92 Å². The monoisotopic (exact) mass is 244 g/mol. The molecule has 3 unspecified atom stereocenters. The topological polar surface area (TPSA) is 43.4 Å². The summed E-state index contributed by atoms with van der Waals surface area (Å²) in [5, 5.41) is 1.29. The van der Waals surface area contributed by atoms with E-state index in [2.05, 4.69) is 6.92 Å². The van der Waals surface area contributed by atoms with Crippen LogP contribution in [-0.4, -0.2) is 26.4 Å². The zero-order valence-corrected chi connectivity index (χ0v) is 10.6. The van der Waals surface area contributed by atoms with Crippen molar-refractivity contribution in [3.63, 3.8) is 0 Å². The van der Waals surface area contributed by atoms with E-state index >= 15 is 0 Å². The average molecular weight is 244 g/mol. The molecule has 1 fully saturated rings. The highest BCUT2D eigenvalue weighted by atomic mass is 32.2. The average Bonchev–Trinajstić information content (AvgIpc) is 2.59. The van der Waals surface area contributed by atoms with Crippen LogP contribution in [0.25, 0.3) is 0 Å². The van der Waals surface area contributed by atoms with E-state index in [-0.39, 0.29) is 18.0 Å². The lowest BCUT2D eigenvalue weighted by molar-refractivity contribution is -0.0326. The molecule has 0 radical (unpaired) electrons. The molecule has 1 heterocycles. The molecule has 0 spiro atoms. The molecule has 1 aliphatic heterocycles. The SMILES string of the molecule is CCC1CCCCC1OC1C=CS(=O)(=O)C1. The van der Waals surface area contributed by atoms with E-state index < -0.39 is 9.84 Å². The van der Waals surface area contributed by atoms with Crippen molar-refractivity contribution in [2.75, 3.05) is 5.75 Å². The van der Waals surface area contributed by atoms with Gasteiger partial charge in [-0.3, -0.25) is 0 Å². The molecule has 2 aliphatic rings. The van der Waals surface area contributed by atoms with Crippen LogP contribution in [0.4, 0.5) is 0 Å². The number of rotatable bonds is 3. The summed E-state index contributed by atoms with van der Waals surface area (Å²) in [5.41, 5.74) is 0. The summed E-state index contributed by atoms with van der Waals surface area (Å²) in [6.07, 6.45) is 7.70. The minimum absolute atomic E-state index is 0.139. The number of hydrogen-bond donors (Lipinski definition) is 0. The summed E-state index contributed by atoms with van der Waals surface area (Å²) < 4.78 is 28.5. The second-order valence-electron chi connectivity index (χ2n) is 4.82. The standard InChI is InChI=1S/C12H20O3S/c1-2-10-5-3-4-6-12(10)15-11-7-8-16(13,14)9-11/h7-8,10-12H,2-6,9H2,1H3. The minimum atomic E-state index is -2.98. The second-order valence-corrected chi connectivity index (χ2v) is 6.76. The van der Waals surface area contributed by atoms with Gasteiger partial charge in [0.1, 0.15) is 0 Å². The lowest BCUT2D eigenvalue weighted by Gasteiger charge is -2.32. The Morgan fingerprint density at radius 1 is 1.31 bits per heavy atom. The van der Waals surface area contributed by atoms with Gasteiger partial charge in [0.05, 0.1) is 18.0 Å². The van der Waals surface area contributed by atoms with Gasteiger partial charge in [-0.15, -0.1) is 0 Å². The predicted molar refractivity (Wildman–Crippen MR) is 63.8 cm³/mol. The Bertz CT molecular complexity index is 358. The normalized spacial score (nSPS) is 37.7. The van der Waals surface area contributed by atoms with Gasteiger partial charge in [0, 0.05) is 5.41 Å². The second kappa shape index (κ2) is 4.88. The maximum absolute atomic E-state index is 11.3. The van der Waals surface area contributed by atoms with Crippen LogP contribution in [0.5, 0.6) is 0 Å². The molecule has 2 rings (SSSR count). The highest BCUT2D eigenvalue weighted by Gasteiger charge is 2.30. The number of ether oxygens (including phenoxy) is 1. The largest absolute Gasteiger partial charge is 0.370 e. The lowest BCUT2D eigenvalue weighted by atomic mass is 9.84. The molecule has 0 aromatic rings. The molecular weight excluding hydrogens is 224 g/mol. The summed E-state index contributed by atoms with van der Waals surface area (Å²) in [5.74, 6) is 0.755. The van der Waals surface area contributed by atoms with Crippen molar-refractivity contribution in [1.29, 1.82) is 0 Å². The third kappa shape index (κ3) is 2.86. The summed E-state index contributed by atoms with van der Waals surface area (Å²) >= 11 is 0. The van der Waals surface area contributed by atoms with Crippen LogP contribution < -0.4 is 0 Å². The molecule has 3 nitrogen and oxygen atoms in total. The van der Waals surface area contributed by atoms with E-state index in [1.54, 1.807) is 6.08 Å². The van der Waals surface area contributed by atoms with Gasteiger partial charge >= 0.3 is 0 Å². The smallest absolute Gasteiger partial charge is 0.174 e. The van der Waals surface area contributed by atoms with E-state index in [9.17, 15) is 8.42 Å². The molecule has 16 heavy (non-hydrogen) atoms. The number of hydrogen-bond acceptors (Lipinski definition) is 3. The van der Waals surface area contributed by atoms with E-state index in [1.165, 1.54) is 24.7 Å². The van der Waals surface area contributed by atoms with Crippen molar-refractivity contribution < 1.29 is 13.2 Å². The molecular formula is C12H20O3S. The van der Waals surface area contributed by atoms with Gasteiger partial charge in [-0.2, -0.15) is 0 Å². The summed E-state index contributed by atoms with van der Waals surface area (Å²) in [7, 11) is -2.98. The first-order chi connectivity index (χ1) is 7.61. The fraction of sp³-hybridized carbons (Fsp3) is 0.833. The summed E-state index contributed by atoms with van der Waals surface area (Å²) in [4.78, 5) is 0. The van der Waals surface area contributed by atoms with Crippen LogP contribution in [0, 0.1) is 5.92 Å². The molecule has 0 aromatic heterocycles. The Kier molecular flexibility index (Phi) is 3.70. The van der Waals surface area contributed by atoms with Gasteiger partial charge in [0.25, 0.3) is 0 Å². The third-order valence-corrected chi connectivity index (χ3v) is 4.98. The maximum atomic E-state index is 11.3. The summed E-state index contributed by atoms with van der Waals surface area (Å²) in [6.45, 7) is 2.19. The Morgan fingerprint density at radius 3 is 2.69 bits per heavy atom. The van der Waals surface area contributed by atoms with Crippen LogP contribution in [0.2, 0.25) is 0 Å². The molecule has 1 aliphatic carbocycles. The van der Waals surface area contributed by atoms with Crippen molar-refractivity contribution in [1.82, 2.24) is 0 Å². The minimum Gasteiger partial charge on any atom is -0.370 e. The molecule has 92 valence electrons. The highest BCUT2D eigenvalue weighted by molar-refractivity contribution is 7.94. The van der Waals surface area contributed by atoms with Crippen molar-refractivity contribution in [3.05, 3.63) is 11.5 Å². The first kappa shape index (κ1) is 12.1. The zero-order chi connectivity index (χ0) is 11.6. The molecule has 1 saturated carbocycles. The van der Waals surface area contributed by atoms with Gasteiger partial charge in [0.2, 0.25) is 0 Å². The molecule has 0 N–H and O–H groups in total. The van der Waals surface area contributed by atoms with Crippen LogP contribution in [0.1, 0.15) is 39.0 Å². The first-order valence-electron chi connectivity index (χ1n) is 6.17. The van der Waals surface area contributed by atoms with Crippen LogP contribution in [-0.2, 0) is 14.6 Å². The van der Waals surface area contributed by atoms with Gasteiger partial charge in [-0.05, 0) is 24.8 Å². The van der Waals surface area contributed by atoms with Crippen LogP contribution >= 0.6 is 0 Å². The lowest BCUT2D eigenvalue weighted by Crippen LogP contribution is -2.32. The van der Waals surface area contributed by atoms with E-state index in [0.717, 1.165) is 12.8 Å². The molecule has 3 atom stereocenters. The Hall–Kier alpha value is -0.350. The quantitative estimate of drug-likeness (QED) is 0.765. The molecule has 0 amide bonds. The van der Waals surface area contributed by atoms with Crippen molar-refractivity contribution >= 4 is 9.84 Å². The zero-order valence-electron chi connectivity index (χ0n) is 9.76. The van der Waals surface area contributed by atoms with E-state index in [4.69, 9.17) is 4.74 Å². The number of sulfone groups is 1. The van der Waals surface area contributed by atoms with Crippen LogP contribution in [0.3, 0.4) is 0 Å². The van der Waals surface area contributed by atoms with Crippen molar-refractivity contribution in [3.8, 4) is 0 Å². The van der Waals surface area contributed by atoms with E-state index in [1.807, 2.05) is 0 Å². The Balaban J connectivity index is 1.92. The van der Waals surface area contributed by atoms with Gasteiger partial charge in [-0.1, -0.05) is 26.2 Å². The van der Waals surface area contributed by atoms with Crippen molar-refractivity contribution in [2.45, 2.75) is 51.2 Å². The van der Waals surface area contributed by atoms with Gasteiger partial charge < -0.3 is 4.74 Å². The Morgan fingerprint density at radius 2 is 2.06 bits per heavy atom. The molecule has 0 aromatic carbocycles. The molecule has 0 bridgehead atoms. The van der Waals surface area contributed by atoms with Crippen molar-refractivity contribution in [2.24, 2.45) is 5.92 Å². The maximum Gasteiger partial charge on any atom is 0.174 e. The van der Waals surface area contributed by atoms with Gasteiger partial charge in [-0.25, -0.2) is 8.42 Å². The first-order valence-corrected chi connectivity index (χ1v) is 7.88. The fourth-order valence-electron chi connectivity index (χ4n) is 2.68. The third-order valence-electron chi connectivity index (χ3n) is 3.61. The van der Waals surface area contributed by atoms with Crippen LogP contribution in [0.15, 0.2) is 11.5 Å². The molecule has 4 heteroatoms.